The van der Waals surface area contributed by atoms with Gasteiger partial charge in [-0.15, -0.1) is 0 Å². The highest BCUT2D eigenvalue weighted by atomic mass is 33.1. The average Bonchev–Trinajstić information content (AvgIpc) is 3.54. The number of hydrogen-bond donors (Lipinski definition) is 4. The van der Waals surface area contributed by atoms with Gasteiger partial charge in [-0.1, -0.05) is 396 Å². The molecule has 2 unspecified atom stereocenters. The van der Waals surface area contributed by atoms with E-state index in [4.69, 9.17) is 0 Å². The third kappa shape index (κ3) is 63.6. The molecule has 4 amide bonds. The Kier molecular flexibility index (Phi) is 69.5. The summed E-state index contributed by atoms with van der Waals surface area (Å²) in [5, 5.41) is 12.5. The Bertz CT molecular complexity index is 1270. The summed E-state index contributed by atoms with van der Waals surface area (Å²) in [5.41, 5.74) is 0. The molecule has 0 aromatic heterocycles. The molecule has 498 valence electrons. The third-order valence-electron chi connectivity index (χ3n) is 17.5. The molecule has 0 aliphatic carbocycles. The Morgan fingerprint density at radius 1 is 0.238 bits per heavy atom. The van der Waals surface area contributed by atoms with Crippen molar-refractivity contribution in [1.29, 1.82) is 0 Å². The second-order valence-corrected chi connectivity index (χ2v) is 28.5. The Morgan fingerprint density at radius 2 is 0.405 bits per heavy atom. The molecule has 0 rings (SSSR count). The molecular weight excluding hydrogens is 1070 g/mol. The van der Waals surface area contributed by atoms with E-state index in [2.05, 4.69) is 49.0 Å². The van der Waals surface area contributed by atoms with E-state index in [0.717, 1.165) is 64.2 Å². The molecule has 0 aliphatic rings. The summed E-state index contributed by atoms with van der Waals surface area (Å²) < 4.78 is 0. The van der Waals surface area contributed by atoms with Gasteiger partial charge in [0.05, 0.1) is 0 Å². The van der Waals surface area contributed by atoms with Gasteiger partial charge in [0.15, 0.2) is 0 Å². The van der Waals surface area contributed by atoms with Gasteiger partial charge in [0.1, 0.15) is 12.1 Å². The molecule has 0 fully saturated rings. The molecule has 0 aliphatic heterocycles. The van der Waals surface area contributed by atoms with Crippen molar-refractivity contribution in [2.45, 2.75) is 425 Å². The van der Waals surface area contributed by atoms with Crippen LogP contribution < -0.4 is 21.3 Å². The maximum Gasteiger partial charge on any atom is 0.243 e. The summed E-state index contributed by atoms with van der Waals surface area (Å²) in [6.07, 6.45) is 75.9. The Morgan fingerprint density at radius 3 is 0.595 bits per heavy atom. The minimum Gasteiger partial charge on any atom is -0.354 e. The van der Waals surface area contributed by atoms with Crippen LogP contribution in [0.4, 0.5) is 0 Å². The molecule has 2 atom stereocenters. The van der Waals surface area contributed by atoms with Crippen molar-refractivity contribution < 1.29 is 19.2 Å². The topological polar surface area (TPSA) is 116 Å². The van der Waals surface area contributed by atoms with Crippen molar-refractivity contribution in [3.05, 3.63) is 0 Å². The first-order valence-corrected chi connectivity index (χ1v) is 40.3. The van der Waals surface area contributed by atoms with Gasteiger partial charge in [-0.25, -0.2) is 0 Å². The molecule has 84 heavy (non-hydrogen) atoms. The second-order valence-electron chi connectivity index (χ2n) is 26.0. The van der Waals surface area contributed by atoms with E-state index in [1.54, 1.807) is 0 Å². The molecule has 4 N–H and O–H groups in total. The van der Waals surface area contributed by atoms with Crippen LogP contribution in [0.3, 0.4) is 0 Å². The van der Waals surface area contributed by atoms with Crippen LogP contribution in [0.5, 0.6) is 0 Å². The normalized spacial score (nSPS) is 12.2. The standard InChI is InChI=1S/C74H146N4O4S2/c1-5-9-13-17-21-25-29-31-33-35-37-39-41-43-45-47-51-55-59-63-71(79)77-69(73(81)75-65-61-57-53-49-27-23-19-15-11-7-3)67-83-84-68-70(74(82)76-66-62-58-54-50-28-24-20-16-12-8-4)78-72(80)64-60-56-52-48-46-44-42-40-38-36-34-32-30-26-22-18-14-10-6-2/h69-70H,5-68H2,1-4H3,(H,75,81)(H,76,82)(H,77,79)(H,78,80). The average molecular weight is 1220 g/mol. The summed E-state index contributed by atoms with van der Waals surface area (Å²) in [5.74, 6) is 0.439. The summed E-state index contributed by atoms with van der Waals surface area (Å²) in [6.45, 7) is 10.3. The van der Waals surface area contributed by atoms with Gasteiger partial charge in [0.25, 0.3) is 0 Å². The third-order valence-corrected chi connectivity index (χ3v) is 20.0. The molecule has 10 heteroatoms. The molecule has 0 aromatic carbocycles. The van der Waals surface area contributed by atoms with E-state index in [9.17, 15) is 19.2 Å². The first kappa shape index (κ1) is 82.6. The highest BCUT2D eigenvalue weighted by molar-refractivity contribution is 8.76. The number of unbranched alkanes of at least 4 members (excludes halogenated alkanes) is 54. The Hall–Kier alpha value is -1.42. The van der Waals surface area contributed by atoms with Crippen LogP contribution >= 0.6 is 21.6 Å². The van der Waals surface area contributed by atoms with Crippen LogP contribution in [0.25, 0.3) is 0 Å². The van der Waals surface area contributed by atoms with Crippen LogP contribution in [0.1, 0.15) is 413 Å². The summed E-state index contributed by atoms with van der Waals surface area (Å²) in [4.78, 5) is 54.1. The highest BCUT2D eigenvalue weighted by Gasteiger charge is 2.24. The monoisotopic (exact) mass is 1220 g/mol. The van der Waals surface area contributed by atoms with E-state index in [1.807, 2.05) is 0 Å². The van der Waals surface area contributed by atoms with Gasteiger partial charge < -0.3 is 21.3 Å². The molecule has 0 aromatic rings. The van der Waals surface area contributed by atoms with Crippen molar-refractivity contribution in [3.8, 4) is 0 Å². The maximum absolute atomic E-state index is 13.7. The number of hydrogen-bond acceptors (Lipinski definition) is 6. The number of carbonyl (C=O) groups is 4. The Balaban J connectivity index is 5.01. The molecule has 0 saturated carbocycles. The quantitative estimate of drug-likeness (QED) is 0.0356. The van der Waals surface area contributed by atoms with Crippen molar-refractivity contribution in [2.75, 3.05) is 24.6 Å². The fourth-order valence-corrected chi connectivity index (χ4v) is 14.1. The molecule has 0 saturated heterocycles. The van der Waals surface area contributed by atoms with Gasteiger partial charge in [-0.05, 0) is 25.7 Å². The van der Waals surface area contributed by atoms with E-state index in [0.29, 0.717) is 37.4 Å². The van der Waals surface area contributed by atoms with Crippen LogP contribution in [0.2, 0.25) is 0 Å². The minimum atomic E-state index is -0.647. The van der Waals surface area contributed by atoms with Gasteiger partial charge in [-0.3, -0.25) is 19.2 Å². The van der Waals surface area contributed by atoms with Gasteiger partial charge in [0, 0.05) is 37.4 Å². The molecule has 0 heterocycles. The van der Waals surface area contributed by atoms with E-state index < -0.39 is 12.1 Å². The summed E-state index contributed by atoms with van der Waals surface area (Å²) in [6, 6.07) is -1.29. The van der Waals surface area contributed by atoms with Gasteiger partial charge in [0.2, 0.25) is 23.6 Å². The number of amides is 4. The maximum atomic E-state index is 13.7. The molecule has 0 bridgehead atoms. The lowest BCUT2D eigenvalue weighted by Gasteiger charge is -2.20. The van der Waals surface area contributed by atoms with Gasteiger partial charge >= 0.3 is 0 Å². The minimum absolute atomic E-state index is 0.0574. The zero-order valence-electron chi connectivity index (χ0n) is 56.9. The molecule has 0 spiro atoms. The lowest BCUT2D eigenvalue weighted by molar-refractivity contribution is -0.128. The molecule has 0 radical (unpaired) electrons. The Labute approximate surface area is 532 Å². The SMILES string of the molecule is CCCCCCCCCCCCCCCCCCCCCC(=O)NC(CSSCC(NC(=O)CCCCCCCCCCCCCCCCCCCCC)C(=O)NCCCCCCCCCCCC)C(=O)NCCCCCCCCCCCC. The van der Waals surface area contributed by atoms with Crippen molar-refractivity contribution in [3.63, 3.8) is 0 Å². The van der Waals surface area contributed by atoms with Crippen molar-refractivity contribution in [2.24, 2.45) is 0 Å². The van der Waals surface area contributed by atoms with Crippen LogP contribution in [0.15, 0.2) is 0 Å². The first-order valence-electron chi connectivity index (χ1n) is 37.8. The number of rotatable bonds is 71. The van der Waals surface area contributed by atoms with Gasteiger partial charge in [-0.2, -0.15) is 0 Å². The van der Waals surface area contributed by atoms with Crippen molar-refractivity contribution >= 4 is 45.2 Å². The first-order chi connectivity index (χ1) is 41.4. The second kappa shape index (κ2) is 70.7. The summed E-state index contributed by atoms with van der Waals surface area (Å²) >= 11 is 0. The van der Waals surface area contributed by atoms with Crippen LogP contribution in [0, 0.1) is 0 Å². The number of nitrogens with one attached hydrogen (secondary N) is 4. The zero-order chi connectivity index (χ0) is 61.0. The number of carbonyl (C=O) groups excluding carboxylic acids is 4. The largest absolute Gasteiger partial charge is 0.354 e. The molecule has 8 nitrogen and oxygen atoms in total. The van der Waals surface area contributed by atoms with E-state index in [-0.39, 0.29) is 23.6 Å². The zero-order valence-corrected chi connectivity index (χ0v) is 58.5. The fraction of sp³-hybridized carbons (Fsp3) is 0.946. The van der Waals surface area contributed by atoms with Crippen molar-refractivity contribution in [1.82, 2.24) is 21.3 Å². The predicted octanol–water partition coefficient (Wildman–Crippen LogP) is 23.1. The smallest absolute Gasteiger partial charge is 0.243 e. The summed E-state index contributed by atoms with van der Waals surface area (Å²) in [7, 11) is 3.03. The fourth-order valence-electron chi connectivity index (χ4n) is 11.8. The van der Waals surface area contributed by atoms with Crippen LogP contribution in [-0.2, 0) is 19.2 Å². The van der Waals surface area contributed by atoms with Crippen LogP contribution in [-0.4, -0.2) is 60.3 Å². The lowest BCUT2D eigenvalue weighted by Crippen LogP contribution is -2.49. The predicted molar refractivity (Wildman–Crippen MR) is 375 cm³/mol. The highest BCUT2D eigenvalue weighted by Crippen LogP contribution is 2.24. The molecular formula is C74H146N4O4S2. The van der Waals surface area contributed by atoms with E-state index in [1.165, 1.54) is 330 Å². The lowest BCUT2D eigenvalue weighted by atomic mass is 10.0. The van der Waals surface area contributed by atoms with E-state index >= 15 is 0 Å².